The molecule has 0 radical (unpaired) electrons. The fraction of sp³-hybridized carbons (Fsp3) is 0. The third kappa shape index (κ3) is 2.29. The molecule has 3 N–H and O–H groups in total. The SMILES string of the molecule is C=Cc1csc2c(N)ncnc12.O=CO. The number of carbonyl (C=O) groups is 1. The van der Waals surface area contributed by atoms with Gasteiger partial charge in [-0.05, 0) is 0 Å². The Labute approximate surface area is 89.9 Å². The van der Waals surface area contributed by atoms with Crippen LogP contribution < -0.4 is 5.73 Å². The summed E-state index contributed by atoms with van der Waals surface area (Å²) in [7, 11) is 0. The number of hydrogen-bond donors (Lipinski definition) is 2. The Bertz CT molecular complexity index is 481. The molecule has 0 unspecified atom stereocenters. The van der Waals surface area contributed by atoms with Crippen LogP contribution in [0.5, 0.6) is 0 Å². The molecule has 0 saturated heterocycles. The first-order valence-electron chi connectivity index (χ1n) is 3.92. The average molecular weight is 223 g/mol. The number of nitrogens with zero attached hydrogens (tertiary/aromatic N) is 2. The zero-order chi connectivity index (χ0) is 11.3. The van der Waals surface area contributed by atoms with Crippen molar-refractivity contribution in [2.75, 3.05) is 5.73 Å². The van der Waals surface area contributed by atoms with Crippen molar-refractivity contribution < 1.29 is 9.90 Å². The van der Waals surface area contributed by atoms with Gasteiger partial charge in [0, 0.05) is 10.9 Å². The molecular weight excluding hydrogens is 214 g/mol. The molecule has 5 nitrogen and oxygen atoms in total. The topological polar surface area (TPSA) is 89.1 Å². The molecule has 0 aromatic carbocycles. The molecule has 6 heteroatoms. The molecule has 2 aromatic rings. The predicted octanol–water partition coefficient (Wildman–Crippen LogP) is 1.62. The zero-order valence-corrected chi connectivity index (χ0v) is 8.57. The molecule has 0 atom stereocenters. The summed E-state index contributed by atoms with van der Waals surface area (Å²) in [4.78, 5) is 16.4. The van der Waals surface area contributed by atoms with Crippen LogP contribution in [-0.4, -0.2) is 21.5 Å². The van der Waals surface area contributed by atoms with E-state index in [-0.39, 0.29) is 6.47 Å². The summed E-state index contributed by atoms with van der Waals surface area (Å²) in [6, 6.07) is 0. The Kier molecular flexibility index (Phi) is 3.75. The standard InChI is InChI=1S/C8H7N3S.CH2O2/c1-2-5-3-12-7-6(5)10-4-11-8(7)9;2-1-3/h2-4H,1H2,(H2,9,10,11);1H,(H,2,3). The number of thiophene rings is 1. The summed E-state index contributed by atoms with van der Waals surface area (Å²) in [5.74, 6) is 0.540. The third-order valence-electron chi connectivity index (χ3n) is 1.63. The second-order valence-corrected chi connectivity index (χ2v) is 3.32. The molecule has 78 valence electrons. The fourth-order valence-electron chi connectivity index (χ4n) is 1.03. The van der Waals surface area contributed by atoms with Crippen LogP contribution in [0.15, 0.2) is 18.3 Å². The maximum Gasteiger partial charge on any atom is 0.290 e. The van der Waals surface area contributed by atoms with Crippen LogP contribution in [0.3, 0.4) is 0 Å². The highest BCUT2D eigenvalue weighted by molar-refractivity contribution is 7.18. The van der Waals surface area contributed by atoms with Crippen molar-refractivity contribution in [3.63, 3.8) is 0 Å². The van der Waals surface area contributed by atoms with Gasteiger partial charge in [-0.2, -0.15) is 0 Å². The number of carboxylic acid groups (broad SMARTS) is 1. The number of aromatic nitrogens is 2. The number of nitrogen functional groups attached to an aromatic ring is 1. The lowest BCUT2D eigenvalue weighted by molar-refractivity contribution is -0.122. The van der Waals surface area contributed by atoms with Gasteiger partial charge >= 0.3 is 0 Å². The fourth-order valence-corrected chi connectivity index (χ4v) is 1.94. The van der Waals surface area contributed by atoms with Crippen molar-refractivity contribution >= 4 is 39.9 Å². The van der Waals surface area contributed by atoms with Crippen molar-refractivity contribution in [1.82, 2.24) is 9.97 Å². The van der Waals surface area contributed by atoms with Gasteiger partial charge in [-0.3, -0.25) is 4.79 Å². The number of fused-ring (bicyclic) bond motifs is 1. The Balaban J connectivity index is 0.000000337. The highest BCUT2D eigenvalue weighted by Gasteiger charge is 2.04. The number of anilines is 1. The molecule has 15 heavy (non-hydrogen) atoms. The van der Waals surface area contributed by atoms with Crippen LogP contribution >= 0.6 is 11.3 Å². The van der Waals surface area contributed by atoms with Crippen molar-refractivity contribution in [2.45, 2.75) is 0 Å². The minimum atomic E-state index is -0.250. The normalized spacial score (nSPS) is 9.07. The van der Waals surface area contributed by atoms with Gasteiger partial charge in [0.05, 0.1) is 10.2 Å². The summed E-state index contributed by atoms with van der Waals surface area (Å²) in [6.45, 7) is 3.44. The summed E-state index contributed by atoms with van der Waals surface area (Å²) in [5, 5.41) is 8.86. The van der Waals surface area contributed by atoms with E-state index in [9.17, 15) is 0 Å². The first-order chi connectivity index (χ1) is 7.24. The van der Waals surface area contributed by atoms with E-state index in [2.05, 4.69) is 16.5 Å². The van der Waals surface area contributed by atoms with Crippen LogP contribution in [-0.2, 0) is 4.79 Å². The highest BCUT2D eigenvalue weighted by atomic mass is 32.1. The van der Waals surface area contributed by atoms with E-state index in [1.54, 1.807) is 17.4 Å². The summed E-state index contributed by atoms with van der Waals surface area (Å²) < 4.78 is 0.937. The average Bonchev–Trinajstić information content (AvgIpc) is 2.63. The van der Waals surface area contributed by atoms with Gasteiger partial charge in [-0.25, -0.2) is 9.97 Å². The van der Waals surface area contributed by atoms with Gasteiger partial charge < -0.3 is 10.8 Å². The molecule has 0 aliphatic carbocycles. The van der Waals surface area contributed by atoms with E-state index in [0.29, 0.717) is 5.82 Å². The predicted molar refractivity (Wildman–Crippen MR) is 60.6 cm³/mol. The monoisotopic (exact) mass is 223 g/mol. The largest absolute Gasteiger partial charge is 0.483 e. The van der Waals surface area contributed by atoms with Crippen molar-refractivity contribution in [3.8, 4) is 0 Å². The lowest BCUT2D eigenvalue weighted by Gasteiger charge is -1.92. The second-order valence-electron chi connectivity index (χ2n) is 2.44. The molecule has 0 saturated carbocycles. The van der Waals surface area contributed by atoms with Gasteiger partial charge in [-0.15, -0.1) is 11.3 Å². The van der Waals surface area contributed by atoms with Gasteiger partial charge in [0.2, 0.25) is 0 Å². The van der Waals surface area contributed by atoms with Gasteiger partial charge in [0.15, 0.2) is 0 Å². The first-order valence-corrected chi connectivity index (χ1v) is 4.80. The van der Waals surface area contributed by atoms with Crippen molar-refractivity contribution in [3.05, 3.63) is 23.8 Å². The highest BCUT2D eigenvalue weighted by Crippen LogP contribution is 2.27. The van der Waals surface area contributed by atoms with E-state index < -0.39 is 0 Å². The maximum atomic E-state index is 8.36. The molecular formula is C9H9N3O2S. The summed E-state index contributed by atoms with van der Waals surface area (Å²) in [6.07, 6.45) is 3.24. The zero-order valence-electron chi connectivity index (χ0n) is 7.75. The van der Waals surface area contributed by atoms with Crippen molar-refractivity contribution in [1.29, 1.82) is 0 Å². The van der Waals surface area contributed by atoms with E-state index >= 15 is 0 Å². The van der Waals surface area contributed by atoms with Crippen LogP contribution in [0.4, 0.5) is 5.82 Å². The van der Waals surface area contributed by atoms with Crippen molar-refractivity contribution in [2.24, 2.45) is 0 Å². The summed E-state index contributed by atoms with van der Waals surface area (Å²) >= 11 is 1.54. The third-order valence-corrected chi connectivity index (χ3v) is 2.64. The van der Waals surface area contributed by atoms with Gasteiger partial charge in [-0.1, -0.05) is 12.7 Å². The minimum absolute atomic E-state index is 0.250. The quantitative estimate of drug-likeness (QED) is 0.717. The summed E-state index contributed by atoms with van der Waals surface area (Å²) in [5.41, 5.74) is 7.56. The van der Waals surface area contributed by atoms with Crippen LogP contribution in [0.2, 0.25) is 0 Å². The van der Waals surface area contributed by atoms with E-state index in [4.69, 9.17) is 15.6 Å². The van der Waals surface area contributed by atoms with Crippen LogP contribution in [0.25, 0.3) is 16.3 Å². The Hall–Kier alpha value is -1.95. The Morgan fingerprint density at radius 3 is 2.80 bits per heavy atom. The minimum Gasteiger partial charge on any atom is -0.483 e. The molecule has 2 heterocycles. The maximum absolute atomic E-state index is 8.36. The Morgan fingerprint density at radius 1 is 1.53 bits per heavy atom. The van der Waals surface area contributed by atoms with E-state index in [1.807, 2.05) is 5.38 Å². The first kappa shape index (κ1) is 11.1. The molecule has 0 aliphatic rings. The molecule has 0 spiro atoms. The van der Waals surface area contributed by atoms with E-state index in [0.717, 1.165) is 15.8 Å². The molecule has 0 bridgehead atoms. The van der Waals surface area contributed by atoms with Gasteiger partial charge in [0.1, 0.15) is 12.1 Å². The molecule has 0 aliphatic heterocycles. The molecule has 2 rings (SSSR count). The van der Waals surface area contributed by atoms with Crippen LogP contribution in [0.1, 0.15) is 5.56 Å². The number of rotatable bonds is 1. The molecule has 0 amide bonds. The number of nitrogens with two attached hydrogens (primary N) is 1. The lowest BCUT2D eigenvalue weighted by Crippen LogP contribution is -1.90. The Morgan fingerprint density at radius 2 is 2.20 bits per heavy atom. The van der Waals surface area contributed by atoms with Crippen LogP contribution in [0, 0.1) is 0 Å². The second kappa shape index (κ2) is 5.06. The smallest absolute Gasteiger partial charge is 0.290 e. The van der Waals surface area contributed by atoms with E-state index in [1.165, 1.54) is 6.33 Å². The molecule has 0 fully saturated rings. The van der Waals surface area contributed by atoms with Gasteiger partial charge in [0.25, 0.3) is 6.47 Å². The number of hydrogen-bond acceptors (Lipinski definition) is 5. The lowest BCUT2D eigenvalue weighted by atomic mass is 10.3. The molecule has 2 aromatic heterocycles.